The summed E-state index contributed by atoms with van der Waals surface area (Å²) in [6.07, 6.45) is 5.18. The lowest BCUT2D eigenvalue weighted by Crippen LogP contribution is -2.23. The Bertz CT molecular complexity index is 450. The third kappa shape index (κ3) is 2.88. The van der Waals surface area contributed by atoms with Crippen LogP contribution >= 0.6 is 0 Å². The molecule has 2 N–H and O–H groups in total. The summed E-state index contributed by atoms with van der Waals surface area (Å²) in [4.78, 5) is 23.2. The van der Waals surface area contributed by atoms with E-state index < -0.39 is 11.9 Å². The topological polar surface area (TPSA) is 69.4 Å². The van der Waals surface area contributed by atoms with Crippen molar-refractivity contribution in [1.29, 1.82) is 0 Å². The second-order valence-electron chi connectivity index (χ2n) is 4.58. The molecule has 0 bridgehead atoms. The summed E-state index contributed by atoms with van der Waals surface area (Å²) in [5, 5.41) is 0. The van der Waals surface area contributed by atoms with Gasteiger partial charge in [0, 0.05) is 0 Å². The standard InChI is InChI=1S/C14H17NO3/c15-13(16)11-8-4-5-9-12(11)14(17)18-10-6-2-1-3-7-10/h4-5,8-10H,1-3,6-7H2,(H2,15,16). The molecule has 4 heteroatoms. The van der Waals surface area contributed by atoms with Crippen LogP contribution in [0.1, 0.15) is 52.8 Å². The molecule has 4 nitrogen and oxygen atoms in total. The van der Waals surface area contributed by atoms with Gasteiger partial charge in [0.2, 0.25) is 5.91 Å². The molecular weight excluding hydrogens is 230 g/mol. The van der Waals surface area contributed by atoms with Gasteiger partial charge in [0.25, 0.3) is 0 Å². The highest BCUT2D eigenvalue weighted by Gasteiger charge is 2.21. The van der Waals surface area contributed by atoms with Crippen LogP contribution in [0.5, 0.6) is 0 Å². The molecule has 1 aromatic carbocycles. The van der Waals surface area contributed by atoms with Gasteiger partial charge in [-0.05, 0) is 37.8 Å². The van der Waals surface area contributed by atoms with E-state index in [0.29, 0.717) is 0 Å². The zero-order chi connectivity index (χ0) is 13.0. The zero-order valence-electron chi connectivity index (χ0n) is 10.2. The highest BCUT2D eigenvalue weighted by atomic mass is 16.5. The molecule has 0 aliphatic heterocycles. The van der Waals surface area contributed by atoms with Crippen LogP contribution in [0.15, 0.2) is 24.3 Å². The largest absolute Gasteiger partial charge is 0.459 e. The number of rotatable bonds is 3. The smallest absolute Gasteiger partial charge is 0.339 e. The number of primary amides is 1. The molecule has 0 spiro atoms. The number of hydrogen-bond donors (Lipinski definition) is 1. The number of carbonyl (C=O) groups is 2. The minimum atomic E-state index is -0.605. The molecule has 0 saturated heterocycles. The van der Waals surface area contributed by atoms with Gasteiger partial charge in [-0.2, -0.15) is 0 Å². The molecule has 2 rings (SSSR count). The van der Waals surface area contributed by atoms with E-state index in [9.17, 15) is 9.59 Å². The van der Waals surface area contributed by atoms with E-state index in [1.54, 1.807) is 24.3 Å². The fraction of sp³-hybridized carbons (Fsp3) is 0.429. The predicted octanol–water partition coefficient (Wildman–Crippen LogP) is 2.28. The van der Waals surface area contributed by atoms with Crippen molar-refractivity contribution in [3.63, 3.8) is 0 Å². The summed E-state index contributed by atoms with van der Waals surface area (Å²) >= 11 is 0. The Balaban J connectivity index is 2.10. The maximum Gasteiger partial charge on any atom is 0.339 e. The van der Waals surface area contributed by atoms with E-state index in [-0.39, 0.29) is 17.2 Å². The Labute approximate surface area is 106 Å². The van der Waals surface area contributed by atoms with Gasteiger partial charge in [0.1, 0.15) is 6.10 Å². The molecule has 1 aliphatic rings. The number of ether oxygens (including phenoxy) is 1. The van der Waals surface area contributed by atoms with Gasteiger partial charge in [-0.1, -0.05) is 18.6 Å². The predicted molar refractivity (Wildman–Crippen MR) is 67.2 cm³/mol. The number of esters is 1. The number of carbonyl (C=O) groups excluding carboxylic acids is 2. The molecule has 18 heavy (non-hydrogen) atoms. The van der Waals surface area contributed by atoms with E-state index >= 15 is 0 Å². The quantitative estimate of drug-likeness (QED) is 0.833. The van der Waals surface area contributed by atoms with Crippen molar-refractivity contribution in [3.05, 3.63) is 35.4 Å². The fourth-order valence-corrected chi connectivity index (χ4v) is 2.27. The van der Waals surface area contributed by atoms with Crippen LogP contribution < -0.4 is 5.73 Å². The molecule has 1 aliphatic carbocycles. The maximum atomic E-state index is 12.0. The van der Waals surface area contributed by atoms with Crippen LogP contribution in [0.2, 0.25) is 0 Å². The van der Waals surface area contributed by atoms with Crippen molar-refractivity contribution in [3.8, 4) is 0 Å². The van der Waals surface area contributed by atoms with Gasteiger partial charge < -0.3 is 10.5 Å². The van der Waals surface area contributed by atoms with Crippen molar-refractivity contribution in [2.24, 2.45) is 5.73 Å². The first kappa shape index (κ1) is 12.6. The van der Waals surface area contributed by atoms with Gasteiger partial charge in [0.05, 0.1) is 11.1 Å². The average molecular weight is 247 g/mol. The lowest BCUT2D eigenvalue weighted by molar-refractivity contribution is 0.0209. The SMILES string of the molecule is NC(=O)c1ccccc1C(=O)OC1CCCCC1. The second-order valence-corrected chi connectivity index (χ2v) is 4.58. The van der Waals surface area contributed by atoms with Crippen LogP contribution in [0.3, 0.4) is 0 Å². The first-order chi connectivity index (χ1) is 8.68. The zero-order valence-corrected chi connectivity index (χ0v) is 10.2. The van der Waals surface area contributed by atoms with E-state index in [1.165, 1.54) is 6.42 Å². The first-order valence-electron chi connectivity index (χ1n) is 6.28. The van der Waals surface area contributed by atoms with Crippen LogP contribution in [0.25, 0.3) is 0 Å². The first-order valence-corrected chi connectivity index (χ1v) is 6.28. The Morgan fingerprint density at radius 3 is 2.28 bits per heavy atom. The molecule has 1 aromatic rings. The van der Waals surface area contributed by atoms with E-state index in [4.69, 9.17) is 10.5 Å². The summed E-state index contributed by atoms with van der Waals surface area (Å²) < 4.78 is 5.42. The summed E-state index contributed by atoms with van der Waals surface area (Å²) in [6.45, 7) is 0. The molecule has 0 aromatic heterocycles. The third-order valence-corrected chi connectivity index (χ3v) is 3.24. The van der Waals surface area contributed by atoms with Crippen molar-refractivity contribution >= 4 is 11.9 Å². The van der Waals surface area contributed by atoms with Gasteiger partial charge in [-0.3, -0.25) is 4.79 Å². The van der Waals surface area contributed by atoms with Gasteiger partial charge >= 0.3 is 5.97 Å². The van der Waals surface area contributed by atoms with Crippen LogP contribution in [0.4, 0.5) is 0 Å². The normalized spacial score (nSPS) is 16.2. The lowest BCUT2D eigenvalue weighted by atomic mass is 9.97. The summed E-state index contributed by atoms with van der Waals surface area (Å²) in [5.74, 6) is -1.05. The van der Waals surface area contributed by atoms with Crippen LogP contribution in [0, 0.1) is 0 Å². The average Bonchev–Trinajstić information content (AvgIpc) is 2.40. The lowest BCUT2D eigenvalue weighted by Gasteiger charge is -2.22. The highest BCUT2D eigenvalue weighted by molar-refractivity contribution is 6.04. The Morgan fingerprint density at radius 1 is 1.06 bits per heavy atom. The van der Waals surface area contributed by atoms with Gasteiger partial charge in [-0.15, -0.1) is 0 Å². The number of amides is 1. The van der Waals surface area contributed by atoms with Crippen molar-refractivity contribution < 1.29 is 14.3 Å². The van der Waals surface area contributed by atoms with Crippen molar-refractivity contribution in [1.82, 2.24) is 0 Å². The van der Waals surface area contributed by atoms with E-state index in [0.717, 1.165) is 25.7 Å². The molecule has 96 valence electrons. The van der Waals surface area contributed by atoms with Gasteiger partial charge in [-0.25, -0.2) is 4.79 Å². The molecular formula is C14H17NO3. The van der Waals surface area contributed by atoms with Crippen LogP contribution in [-0.4, -0.2) is 18.0 Å². The Kier molecular flexibility index (Phi) is 3.97. The molecule has 1 saturated carbocycles. The minimum Gasteiger partial charge on any atom is -0.459 e. The molecule has 0 heterocycles. The fourth-order valence-electron chi connectivity index (χ4n) is 2.27. The van der Waals surface area contributed by atoms with Crippen LogP contribution in [-0.2, 0) is 4.74 Å². The summed E-state index contributed by atoms with van der Waals surface area (Å²) in [5.41, 5.74) is 5.72. The summed E-state index contributed by atoms with van der Waals surface area (Å²) in [6, 6.07) is 6.49. The highest BCUT2D eigenvalue weighted by Crippen LogP contribution is 2.22. The monoisotopic (exact) mass is 247 g/mol. The number of benzene rings is 1. The molecule has 0 atom stereocenters. The Hall–Kier alpha value is -1.84. The minimum absolute atomic E-state index is 0.0211. The Morgan fingerprint density at radius 2 is 1.67 bits per heavy atom. The molecule has 1 fully saturated rings. The summed E-state index contributed by atoms with van der Waals surface area (Å²) in [7, 11) is 0. The molecule has 1 amide bonds. The number of nitrogens with two attached hydrogens (primary N) is 1. The number of hydrogen-bond acceptors (Lipinski definition) is 3. The van der Waals surface area contributed by atoms with E-state index in [1.807, 2.05) is 0 Å². The van der Waals surface area contributed by atoms with Crippen molar-refractivity contribution in [2.45, 2.75) is 38.2 Å². The van der Waals surface area contributed by atoms with Crippen molar-refractivity contribution in [2.75, 3.05) is 0 Å². The molecule has 0 radical (unpaired) electrons. The third-order valence-electron chi connectivity index (χ3n) is 3.24. The molecule has 0 unspecified atom stereocenters. The van der Waals surface area contributed by atoms with Gasteiger partial charge in [0.15, 0.2) is 0 Å². The maximum absolute atomic E-state index is 12.0. The second kappa shape index (κ2) is 5.67. The van der Waals surface area contributed by atoms with E-state index in [2.05, 4.69) is 0 Å².